The maximum Gasteiger partial charge on any atom is 0.418 e. The van der Waals surface area contributed by atoms with Gasteiger partial charge in [0.2, 0.25) is 17.7 Å². The molecule has 3 amide bonds. The number of thioether (sulfide) groups is 1. The molecule has 2 aliphatic carbocycles. The Hall–Kier alpha value is -2.90. The van der Waals surface area contributed by atoms with Gasteiger partial charge in [-0.15, -0.1) is 23.1 Å². The van der Waals surface area contributed by atoms with Crippen LogP contribution < -0.4 is 10.2 Å². The van der Waals surface area contributed by atoms with Gasteiger partial charge >= 0.3 is 11.0 Å². The van der Waals surface area contributed by atoms with E-state index in [1.54, 1.807) is 23.1 Å². The van der Waals surface area contributed by atoms with Crippen molar-refractivity contribution >= 4 is 57.8 Å². The highest BCUT2D eigenvalue weighted by Gasteiger charge is 2.69. The van der Waals surface area contributed by atoms with Gasteiger partial charge in [-0.3, -0.25) is 24.1 Å². The molecule has 202 valence electrons. The summed E-state index contributed by atoms with van der Waals surface area (Å²) in [5.41, 5.74) is -1.42. The lowest BCUT2D eigenvalue weighted by Gasteiger charge is -2.42. The molecular formula is C26H20F3N3O4S3. The molecule has 4 aliphatic rings. The van der Waals surface area contributed by atoms with Crippen LogP contribution in [-0.2, 0) is 20.6 Å². The summed E-state index contributed by atoms with van der Waals surface area (Å²) in [6, 6.07) is 8.59. The lowest BCUT2D eigenvalue weighted by atomic mass is 9.69. The van der Waals surface area contributed by atoms with Crippen LogP contribution in [-0.4, -0.2) is 39.4 Å². The summed E-state index contributed by atoms with van der Waals surface area (Å²) in [7, 11) is 0. The summed E-state index contributed by atoms with van der Waals surface area (Å²) in [6.45, 7) is -0.631. The first-order chi connectivity index (χ1) is 18.6. The van der Waals surface area contributed by atoms with E-state index in [0.29, 0.717) is 0 Å². The monoisotopic (exact) mass is 591 g/mol. The van der Waals surface area contributed by atoms with Crippen LogP contribution in [0.25, 0.3) is 0 Å². The Morgan fingerprint density at radius 3 is 2.51 bits per heavy atom. The molecule has 3 fully saturated rings. The average Bonchev–Trinajstić information content (AvgIpc) is 3.69. The summed E-state index contributed by atoms with van der Waals surface area (Å²) < 4.78 is 40.1. The van der Waals surface area contributed by atoms with Gasteiger partial charge in [0.25, 0.3) is 0 Å². The number of aromatic amines is 1. The number of carbonyl (C=O) groups is 3. The number of H-pyrrole nitrogens is 1. The molecule has 39 heavy (non-hydrogen) atoms. The zero-order valence-corrected chi connectivity index (χ0v) is 22.4. The summed E-state index contributed by atoms with van der Waals surface area (Å²) in [4.78, 5) is 58.0. The number of likely N-dealkylation sites (tertiary alicyclic amines) is 1. The highest BCUT2D eigenvalue weighted by Crippen LogP contribution is 2.68. The first-order valence-corrected chi connectivity index (χ1v) is 15.0. The molecule has 7 nitrogen and oxygen atoms in total. The molecule has 0 radical (unpaired) electrons. The van der Waals surface area contributed by atoms with Crippen molar-refractivity contribution in [2.75, 3.05) is 11.9 Å². The van der Waals surface area contributed by atoms with Gasteiger partial charge < -0.3 is 10.3 Å². The predicted octanol–water partition coefficient (Wildman–Crippen LogP) is 4.63. The molecule has 0 spiro atoms. The smallest absolute Gasteiger partial charge is 0.324 e. The minimum absolute atomic E-state index is 0.0327. The Balaban J connectivity index is 1.16. The fourth-order valence-corrected chi connectivity index (χ4v) is 11.0. The lowest BCUT2D eigenvalue weighted by molar-refractivity contribution is -0.143. The van der Waals surface area contributed by atoms with Crippen LogP contribution in [0.1, 0.15) is 27.7 Å². The maximum atomic E-state index is 13.6. The highest BCUT2D eigenvalue weighted by atomic mass is 32.2. The van der Waals surface area contributed by atoms with E-state index in [1.807, 2.05) is 17.5 Å². The number of para-hydroxylation sites is 1. The van der Waals surface area contributed by atoms with E-state index >= 15 is 0 Å². The van der Waals surface area contributed by atoms with Crippen LogP contribution in [0.4, 0.5) is 18.9 Å². The molecule has 7 rings (SSSR count). The average molecular weight is 592 g/mol. The summed E-state index contributed by atoms with van der Waals surface area (Å²) >= 11 is 4.37. The third-order valence-electron chi connectivity index (χ3n) is 8.47. The minimum Gasteiger partial charge on any atom is -0.324 e. The third-order valence-corrected chi connectivity index (χ3v) is 12.0. The van der Waals surface area contributed by atoms with Gasteiger partial charge in [-0.05, 0) is 47.8 Å². The molecule has 2 aromatic heterocycles. The highest BCUT2D eigenvalue weighted by molar-refractivity contribution is 8.00. The van der Waals surface area contributed by atoms with E-state index in [4.69, 9.17) is 0 Å². The zero-order chi connectivity index (χ0) is 27.2. The van der Waals surface area contributed by atoms with Crippen LogP contribution >= 0.6 is 34.4 Å². The molecule has 2 N–H and O–H groups in total. The number of imide groups is 1. The second-order valence-electron chi connectivity index (χ2n) is 10.3. The molecular weight excluding hydrogens is 571 g/mol. The number of carbonyl (C=O) groups excluding carboxylic acids is 3. The van der Waals surface area contributed by atoms with Gasteiger partial charge in [0.1, 0.15) is 6.54 Å². The van der Waals surface area contributed by atoms with Crippen molar-refractivity contribution < 1.29 is 27.6 Å². The number of hydrogen-bond acceptors (Lipinski definition) is 7. The first kappa shape index (κ1) is 25.1. The van der Waals surface area contributed by atoms with Gasteiger partial charge in [0.05, 0.1) is 28.1 Å². The van der Waals surface area contributed by atoms with Crippen molar-refractivity contribution in [1.29, 1.82) is 0 Å². The minimum atomic E-state index is -4.67. The molecule has 13 heteroatoms. The fraction of sp³-hybridized carbons (Fsp3) is 0.385. The molecule has 3 aromatic rings. The van der Waals surface area contributed by atoms with Gasteiger partial charge in [0, 0.05) is 20.9 Å². The number of thiazole rings is 1. The number of alkyl halides is 3. The Labute approximate surface area is 231 Å². The largest absolute Gasteiger partial charge is 0.418 e. The Morgan fingerprint density at radius 1 is 1.05 bits per heavy atom. The molecule has 1 aromatic carbocycles. The standard InChI is InChI=1S/C26H20F3N3O4S3/c27-26(28,29)12-4-1-2-5-13(12)30-15(33)9-32-23(34)17-10-8-11(18(17)24(32)35)20-16(10)19(14-6-3-7-37-14)21-22(38-20)31-25(36)39-21/h1-7,10-11,16-20H,8-9H2,(H,30,33)(H,31,36)/t10?,11?,16?,17?,18?,19-,20?/m1/s1. The number of nitrogens with one attached hydrogen (secondary N) is 2. The van der Waals surface area contributed by atoms with E-state index in [-0.39, 0.29) is 33.8 Å². The van der Waals surface area contributed by atoms with Gasteiger partial charge in [-0.2, -0.15) is 13.2 Å². The molecule has 2 aliphatic heterocycles. The summed E-state index contributed by atoms with van der Waals surface area (Å²) in [6.07, 6.45) is -3.95. The number of aromatic nitrogens is 1. The first-order valence-electron chi connectivity index (χ1n) is 12.4. The van der Waals surface area contributed by atoms with E-state index in [2.05, 4.69) is 10.3 Å². The van der Waals surface area contributed by atoms with Gasteiger partial charge in [0.15, 0.2) is 0 Å². The number of amides is 3. The normalized spacial score (nSPS) is 30.8. The Bertz CT molecular complexity index is 1570. The number of nitrogens with zero attached hydrogens (tertiary/aromatic N) is 1. The second kappa shape index (κ2) is 8.80. The van der Waals surface area contributed by atoms with E-state index < -0.39 is 53.5 Å². The summed E-state index contributed by atoms with van der Waals surface area (Å²) in [5, 5.41) is 5.08. The van der Waals surface area contributed by atoms with E-state index in [1.165, 1.54) is 23.5 Å². The third kappa shape index (κ3) is 3.76. The lowest BCUT2D eigenvalue weighted by Crippen LogP contribution is -2.42. The molecule has 7 atom stereocenters. The number of thiophene rings is 1. The van der Waals surface area contributed by atoms with Crippen molar-refractivity contribution in [3.63, 3.8) is 0 Å². The van der Waals surface area contributed by atoms with Crippen molar-refractivity contribution in [1.82, 2.24) is 9.88 Å². The number of rotatable bonds is 4. The van der Waals surface area contributed by atoms with Crippen molar-refractivity contribution in [3.05, 3.63) is 66.8 Å². The van der Waals surface area contributed by atoms with Crippen LogP contribution in [0.3, 0.4) is 0 Å². The van der Waals surface area contributed by atoms with E-state index in [9.17, 15) is 32.3 Å². The van der Waals surface area contributed by atoms with Crippen molar-refractivity contribution in [2.45, 2.75) is 28.8 Å². The number of hydrogen-bond donors (Lipinski definition) is 2. The van der Waals surface area contributed by atoms with Crippen LogP contribution in [0, 0.1) is 29.6 Å². The van der Waals surface area contributed by atoms with Crippen LogP contribution in [0.15, 0.2) is 51.6 Å². The molecule has 2 saturated carbocycles. The van der Waals surface area contributed by atoms with E-state index in [0.717, 1.165) is 38.2 Å². The van der Waals surface area contributed by atoms with Gasteiger partial charge in [-0.1, -0.05) is 29.5 Å². The van der Waals surface area contributed by atoms with Crippen molar-refractivity contribution in [3.8, 4) is 0 Å². The molecule has 4 heterocycles. The molecule has 2 bridgehead atoms. The quantitative estimate of drug-likeness (QED) is 0.432. The summed E-state index contributed by atoms with van der Waals surface area (Å²) in [5.74, 6) is -3.04. The number of halogens is 3. The Kier molecular flexibility index (Phi) is 5.66. The fourth-order valence-electron chi connectivity index (χ4n) is 7.19. The number of anilines is 1. The number of fused-ring (bicyclic) bond motifs is 9. The predicted molar refractivity (Wildman–Crippen MR) is 140 cm³/mol. The van der Waals surface area contributed by atoms with Crippen LogP contribution in [0.2, 0.25) is 0 Å². The van der Waals surface area contributed by atoms with Crippen LogP contribution in [0.5, 0.6) is 0 Å². The molecule has 1 saturated heterocycles. The Morgan fingerprint density at radius 2 is 1.79 bits per heavy atom. The number of benzene rings is 1. The topological polar surface area (TPSA) is 99.3 Å². The second-order valence-corrected chi connectivity index (χ2v) is 13.5. The van der Waals surface area contributed by atoms with Gasteiger partial charge in [-0.25, -0.2) is 0 Å². The zero-order valence-electron chi connectivity index (χ0n) is 19.9. The maximum absolute atomic E-state index is 13.6. The molecule has 6 unspecified atom stereocenters. The SMILES string of the molecule is O=C(CN1C(=O)C2C3CC(C2C1=O)C1C3Sc2[nH]c(=O)sc2[C@@H]1c1cccs1)Nc1ccccc1C(F)(F)F. The van der Waals surface area contributed by atoms with Crippen molar-refractivity contribution in [2.24, 2.45) is 29.6 Å².